The molecule has 0 saturated carbocycles. The van der Waals surface area contributed by atoms with Crippen LogP contribution in [0.5, 0.6) is 0 Å². The van der Waals surface area contributed by atoms with E-state index in [1.165, 1.54) is 17.6 Å². The molecule has 29 heavy (non-hydrogen) atoms. The number of hydrogen-bond acceptors (Lipinski definition) is 7. The molecule has 0 aliphatic carbocycles. The van der Waals surface area contributed by atoms with Crippen molar-refractivity contribution in [3.05, 3.63) is 65.4 Å². The van der Waals surface area contributed by atoms with Crippen LogP contribution in [0.3, 0.4) is 0 Å². The minimum atomic E-state index is -0.883. The number of amides is 2. The number of anilines is 3. The zero-order valence-electron chi connectivity index (χ0n) is 15.5. The third-order valence-electron chi connectivity index (χ3n) is 4.09. The molecular weight excluding hydrogens is 395 g/mol. The fourth-order valence-corrected chi connectivity index (χ4v) is 3.39. The molecule has 0 saturated heterocycles. The number of rotatable bonds is 8. The third-order valence-corrected chi connectivity index (χ3v) is 4.89. The molecule has 150 valence electrons. The van der Waals surface area contributed by atoms with Crippen LogP contribution < -0.4 is 22.1 Å². The van der Waals surface area contributed by atoms with Crippen molar-refractivity contribution in [1.29, 1.82) is 0 Å². The Labute approximate surface area is 170 Å². The molecule has 3 aromatic rings. The molecule has 0 radical (unpaired) electrons. The van der Waals surface area contributed by atoms with Crippen LogP contribution in [0.25, 0.3) is 0 Å². The summed E-state index contributed by atoms with van der Waals surface area (Å²) in [5.41, 5.74) is 12.7. The third kappa shape index (κ3) is 5.05. The summed E-state index contributed by atoms with van der Waals surface area (Å²) < 4.78 is 18.8. The van der Waals surface area contributed by atoms with E-state index in [2.05, 4.69) is 20.0 Å². The van der Waals surface area contributed by atoms with Gasteiger partial charge in [-0.05, 0) is 48.3 Å². The molecule has 10 heteroatoms. The minimum absolute atomic E-state index is 0.00595. The first kappa shape index (κ1) is 20.2. The van der Waals surface area contributed by atoms with Crippen molar-refractivity contribution < 1.29 is 14.0 Å². The molecule has 8 nitrogen and oxygen atoms in total. The molecule has 0 spiro atoms. The summed E-state index contributed by atoms with van der Waals surface area (Å²) in [7, 11) is 0. The molecule has 1 atom stereocenters. The first-order valence-corrected chi connectivity index (χ1v) is 9.39. The molecular formula is C19H19FN6O2S. The molecule has 1 aromatic carbocycles. The highest BCUT2D eigenvalue weighted by molar-refractivity contribution is 7.10. The van der Waals surface area contributed by atoms with Crippen molar-refractivity contribution in [1.82, 2.24) is 9.36 Å². The molecule has 0 fully saturated rings. The largest absolute Gasteiger partial charge is 0.371 e. The number of aryl methyl sites for hydroxylation is 1. The van der Waals surface area contributed by atoms with E-state index in [-0.39, 0.29) is 23.4 Å². The van der Waals surface area contributed by atoms with Crippen LogP contribution >= 0.6 is 11.5 Å². The second-order valence-electron chi connectivity index (χ2n) is 6.36. The topological polar surface area (TPSA) is 136 Å². The lowest BCUT2D eigenvalue weighted by molar-refractivity contribution is -0.118. The van der Waals surface area contributed by atoms with Crippen molar-refractivity contribution in [3.63, 3.8) is 0 Å². The average molecular weight is 414 g/mol. The van der Waals surface area contributed by atoms with E-state index in [9.17, 15) is 14.0 Å². The summed E-state index contributed by atoms with van der Waals surface area (Å²) in [4.78, 5) is 27.6. The second kappa shape index (κ2) is 8.65. The number of pyridine rings is 1. The number of carbonyl (C=O) groups excluding carboxylic acids is 2. The van der Waals surface area contributed by atoms with Crippen molar-refractivity contribution in [2.45, 2.75) is 19.4 Å². The van der Waals surface area contributed by atoms with Gasteiger partial charge in [-0.15, -0.1) is 0 Å². The molecule has 3 rings (SSSR count). The fraction of sp³-hybridized carbons (Fsp3) is 0.158. The zero-order valence-corrected chi connectivity index (χ0v) is 16.3. The van der Waals surface area contributed by atoms with Crippen LogP contribution in [0, 0.1) is 12.7 Å². The van der Waals surface area contributed by atoms with Crippen molar-refractivity contribution >= 4 is 39.7 Å². The molecule has 2 aromatic heterocycles. The number of primary amides is 2. The quantitative estimate of drug-likeness (QED) is 0.447. The molecule has 0 aliphatic heterocycles. The van der Waals surface area contributed by atoms with Gasteiger partial charge in [-0.2, -0.15) is 4.37 Å². The minimum Gasteiger partial charge on any atom is -0.371 e. The van der Waals surface area contributed by atoms with Gasteiger partial charge in [-0.3, -0.25) is 14.6 Å². The molecule has 6 N–H and O–H groups in total. The number of nitrogens with one attached hydrogen (secondary N) is 2. The molecule has 2 amide bonds. The first-order valence-electron chi connectivity index (χ1n) is 8.62. The van der Waals surface area contributed by atoms with Crippen LogP contribution in [0.1, 0.15) is 21.6 Å². The number of nitrogens with two attached hydrogens (primary N) is 2. The van der Waals surface area contributed by atoms with Gasteiger partial charge in [-0.1, -0.05) is 6.07 Å². The maximum absolute atomic E-state index is 14.6. The van der Waals surface area contributed by atoms with Gasteiger partial charge >= 0.3 is 0 Å². The van der Waals surface area contributed by atoms with E-state index >= 15 is 0 Å². The Morgan fingerprint density at radius 1 is 1.24 bits per heavy atom. The predicted octanol–water partition coefficient (Wildman–Crippen LogP) is 2.34. The van der Waals surface area contributed by atoms with E-state index < -0.39 is 23.7 Å². The highest BCUT2D eigenvalue weighted by atomic mass is 32.1. The number of aromatic nitrogens is 2. The molecule has 2 heterocycles. The Morgan fingerprint density at radius 2 is 2.03 bits per heavy atom. The number of hydrogen-bond donors (Lipinski definition) is 4. The summed E-state index contributed by atoms with van der Waals surface area (Å²) in [5.74, 6) is -2.18. The lowest BCUT2D eigenvalue weighted by Crippen LogP contribution is -2.37. The Hall–Kier alpha value is -3.53. The van der Waals surface area contributed by atoms with E-state index in [1.54, 1.807) is 30.6 Å². The monoisotopic (exact) mass is 414 g/mol. The van der Waals surface area contributed by atoms with Crippen LogP contribution in [0.2, 0.25) is 0 Å². The SMILES string of the molecule is Cc1cc(Nc2cc(NC(Cc3cccnc3)C(N)=O)c(F)cc2C(N)=O)sn1. The van der Waals surface area contributed by atoms with Gasteiger partial charge in [0, 0.05) is 18.8 Å². The van der Waals surface area contributed by atoms with Crippen LogP contribution in [0.4, 0.5) is 20.8 Å². The molecule has 1 unspecified atom stereocenters. The van der Waals surface area contributed by atoms with Crippen LogP contribution in [-0.4, -0.2) is 27.2 Å². The maximum atomic E-state index is 14.6. The van der Waals surface area contributed by atoms with Crippen molar-refractivity contribution in [2.75, 3.05) is 10.6 Å². The number of carbonyl (C=O) groups is 2. The standard InChI is InChI=1S/C19H19FN6O2S/c1-10-5-17(29-26-10)25-14-8-15(13(20)7-12(14)18(21)27)24-16(19(22)28)6-11-3-2-4-23-9-11/h2-5,7-9,16,24-25H,6H2,1H3,(H2,21,27)(H2,22,28). The number of benzene rings is 1. The molecule has 0 aliphatic rings. The normalized spacial score (nSPS) is 11.7. The smallest absolute Gasteiger partial charge is 0.250 e. The summed E-state index contributed by atoms with van der Waals surface area (Å²) in [6.45, 7) is 1.82. The van der Waals surface area contributed by atoms with Gasteiger partial charge < -0.3 is 22.1 Å². The van der Waals surface area contributed by atoms with Crippen molar-refractivity contribution in [3.8, 4) is 0 Å². The highest BCUT2D eigenvalue weighted by Gasteiger charge is 2.20. The predicted molar refractivity (Wildman–Crippen MR) is 110 cm³/mol. The van der Waals surface area contributed by atoms with Crippen LogP contribution in [0.15, 0.2) is 42.7 Å². The Kier molecular flexibility index (Phi) is 6.03. The molecule has 0 bridgehead atoms. The van der Waals surface area contributed by atoms with Gasteiger partial charge in [0.2, 0.25) is 5.91 Å². The van der Waals surface area contributed by atoms with E-state index in [1.807, 2.05) is 6.92 Å². The maximum Gasteiger partial charge on any atom is 0.250 e. The van der Waals surface area contributed by atoms with Crippen LogP contribution in [-0.2, 0) is 11.2 Å². The zero-order chi connectivity index (χ0) is 21.0. The lowest BCUT2D eigenvalue weighted by Gasteiger charge is -2.19. The summed E-state index contributed by atoms with van der Waals surface area (Å²) >= 11 is 1.19. The fourth-order valence-electron chi connectivity index (χ4n) is 2.71. The van der Waals surface area contributed by atoms with Gasteiger partial charge in [-0.25, -0.2) is 4.39 Å². The highest BCUT2D eigenvalue weighted by Crippen LogP contribution is 2.29. The van der Waals surface area contributed by atoms with E-state index in [0.717, 1.165) is 17.3 Å². The first-order chi connectivity index (χ1) is 13.8. The van der Waals surface area contributed by atoms with Gasteiger partial charge in [0.05, 0.1) is 22.6 Å². The Bertz CT molecular complexity index is 1040. The summed E-state index contributed by atoms with van der Waals surface area (Å²) in [6, 6.07) is 6.81. The van der Waals surface area contributed by atoms with Gasteiger partial charge in [0.1, 0.15) is 16.9 Å². The average Bonchev–Trinajstić information content (AvgIpc) is 3.08. The summed E-state index contributed by atoms with van der Waals surface area (Å²) in [5, 5.41) is 6.48. The van der Waals surface area contributed by atoms with E-state index in [4.69, 9.17) is 11.5 Å². The number of halogens is 1. The van der Waals surface area contributed by atoms with Gasteiger partial charge in [0.15, 0.2) is 0 Å². The summed E-state index contributed by atoms with van der Waals surface area (Å²) in [6.07, 6.45) is 3.43. The lowest BCUT2D eigenvalue weighted by atomic mass is 10.1. The van der Waals surface area contributed by atoms with Gasteiger partial charge in [0.25, 0.3) is 5.91 Å². The Morgan fingerprint density at radius 3 is 2.62 bits per heavy atom. The van der Waals surface area contributed by atoms with Crippen molar-refractivity contribution in [2.24, 2.45) is 11.5 Å². The number of nitrogens with zero attached hydrogens (tertiary/aromatic N) is 2. The second-order valence-corrected chi connectivity index (χ2v) is 7.17. The Balaban J connectivity index is 1.91. The van der Waals surface area contributed by atoms with E-state index in [0.29, 0.717) is 5.00 Å².